The van der Waals surface area contributed by atoms with E-state index in [1.54, 1.807) is 0 Å². The van der Waals surface area contributed by atoms with Gasteiger partial charge in [0.1, 0.15) is 0 Å². The van der Waals surface area contributed by atoms with E-state index in [2.05, 4.69) is 37.3 Å². The van der Waals surface area contributed by atoms with E-state index in [-0.39, 0.29) is 0 Å². The van der Waals surface area contributed by atoms with Crippen molar-refractivity contribution in [3.05, 3.63) is 65.7 Å². The van der Waals surface area contributed by atoms with Gasteiger partial charge in [0.05, 0.1) is 5.69 Å². The summed E-state index contributed by atoms with van der Waals surface area (Å²) in [6, 6.07) is 19.6. The predicted molar refractivity (Wildman–Crippen MR) is 132 cm³/mol. The Labute approximate surface area is 201 Å². The molecule has 3 heterocycles. The van der Waals surface area contributed by atoms with Gasteiger partial charge in [0, 0.05) is 42.2 Å². The van der Waals surface area contributed by atoms with Crippen molar-refractivity contribution in [2.45, 2.75) is 10.1 Å². The second-order valence-electron chi connectivity index (χ2n) is 7.75. The van der Waals surface area contributed by atoms with Crippen molar-refractivity contribution >= 4 is 41.1 Å². The molecule has 0 unspecified atom stereocenters. The molecule has 8 nitrogen and oxygen atoms in total. The Balaban J connectivity index is 1.41. The highest BCUT2D eigenvalue weighted by molar-refractivity contribution is 7.99. The minimum atomic E-state index is 0.464. The maximum Gasteiger partial charge on any atom is 0.234 e. The SMILES string of the molecule is CN1CCN(c2nc(Nc3cc(-c4ccc(Cl)cc4)[nH]n3)nc(Sc3ccccc3)n2)CC1. The van der Waals surface area contributed by atoms with E-state index in [0.29, 0.717) is 27.9 Å². The van der Waals surface area contributed by atoms with Crippen molar-refractivity contribution in [3.8, 4) is 11.3 Å². The Hall–Kier alpha value is -3.14. The molecule has 10 heteroatoms. The maximum absolute atomic E-state index is 6.00. The molecular weight excluding hydrogens is 456 g/mol. The van der Waals surface area contributed by atoms with Crippen LogP contribution in [-0.2, 0) is 0 Å². The Morgan fingerprint density at radius 2 is 1.70 bits per heavy atom. The molecule has 1 saturated heterocycles. The number of anilines is 3. The van der Waals surface area contributed by atoms with Crippen molar-refractivity contribution in [1.82, 2.24) is 30.0 Å². The summed E-state index contributed by atoms with van der Waals surface area (Å²) in [5.74, 6) is 1.77. The lowest BCUT2D eigenvalue weighted by molar-refractivity contribution is 0.311. The zero-order valence-corrected chi connectivity index (χ0v) is 19.6. The first kappa shape index (κ1) is 21.7. The largest absolute Gasteiger partial charge is 0.338 e. The smallest absolute Gasteiger partial charge is 0.234 e. The number of aromatic nitrogens is 5. The monoisotopic (exact) mass is 478 g/mol. The molecule has 33 heavy (non-hydrogen) atoms. The molecule has 1 aliphatic heterocycles. The highest BCUT2D eigenvalue weighted by Gasteiger charge is 2.19. The van der Waals surface area contributed by atoms with Crippen LogP contribution in [0.1, 0.15) is 0 Å². The molecule has 2 aromatic carbocycles. The van der Waals surface area contributed by atoms with Gasteiger partial charge in [-0.05, 0) is 48.6 Å². The van der Waals surface area contributed by atoms with Crippen LogP contribution >= 0.6 is 23.4 Å². The summed E-state index contributed by atoms with van der Waals surface area (Å²) in [4.78, 5) is 19.7. The van der Waals surface area contributed by atoms with Crippen LogP contribution in [0.2, 0.25) is 5.02 Å². The molecule has 0 atom stereocenters. The molecule has 0 spiro atoms. The van der Waals surface area contributed by atoms with Crippen LogP contribution in [0.3, 0.4) is 0 Å². The molecule has 0 bridgehead atoms. The van der Waals surface area contributed by atoms with Crippen LogP contribution in [0.15, 0.2) is 70.7 Å². The zero-order chi connectivity index (χ0) is 22.6. The normalized spacial score (nSPS) is 14.4. The number of nitrogens with zero attached hydrogens (tertiary/aromatic N) is 6. The number of nitrogens with one attached hydrogen (secondary N) is 2. The Morgan fingerprint density at radius 3 is 2.45 bits per heavy atom. The number of piperazine rings is 1. The van der Waals surface area contributed by atoms with Crippen LogP contribution in [-0.4, -0.2) is 63.3 Å². The van der Waals surface area contributed by atoms with Crippen molar-refractivity contribution in [2.24, 2.45) is 0 Å². The van der Waals surface area contributed by atoms with Crippen LogP contribution in [0.5, 0.6) is 0 Å². The van der Waals surface area contributed by atoms with Gasteiger partial charge < -0.3 is 15.1 Å². The molecule has 2 aromatic heterocycles. The third-order valence-electron chi connectivity index (χ3n) is 5.31. The minimum absolute atomic E-state index is 0.464. The van der Waals surface area contributed by atoms with Gasteiger partial charge in [-0.25, -0.2) is 0 Å². The third-order valence-corrected chi connectivity index (χ3v) is 6.44. The van der Waals surface area contributed by atoms with Gasteiger partial charge in [-0.15, -0.1) is 0 Å². The second kappa shape index (κ2) is 9.78. The molecule has 1 fully saturated rings. The summed E-state index contributed by atoms with van der Waals surface area (Å²) in [6.45, 7) is 3.69. The minimum Gasteiger partial charge on any atom is -0.338 e. The van der Waals surface area contributed by atoms with Crippen LogP contribution < -0.4 is 10.2 Å². The molecule has 168 valence electrons. The van der Waals surface area contributed by atoms with Gasteiger partial charge in [-0.1, -0.05) is 41.9 Å². The van der Waals surface area contributed by atoms with E-state index < -0.39 is 0 Å². The lowest BCUT2D eigenvalue weighted by Crippen LogP contribution is -2.45. The number of hydrogen-bond acceptors (Lipinski definition) is 8. The fraction of sp³-hybridized carbons (Fsp3) is 0.217. The molecule has 2 N–H and O–H groups in total. The Morgan fingerprint density at radius 1 is 0.939 bits per heavy atom. The van der Waals surface area contributed by atoms with E-state index in [1.807, 2.05) is 60.7 Å². The third kappa shape index (κ3) is 5.44. The Kier molecular flexibility index (Phi) is 6.43. The summed E-state index contributed by atoms with van der Waals surface area (Å²) < 4.78 is 0. The fourth-order valence-electron chi connectivity index (χ4n) is 3.47. The number of likely N-dealkylation sites (N-methyl/N-ethyl adjacent to an activating group) is 1. The number of hydrogen-bond donors (Lipinski definition) is 2. The first-order valence-electron chi connectivity index (χ1n) is 10.6. The lowest BCUT2D eigenvalue weighted by Gasteiger charge is -2.32. The molecule has 0 radical (unpaired) electrons. The van der Waals surface area contributed by atoms with Crippen LogP contribution in [0.4, 0.5) is 17.7 Å². The first-order valence-corrected chi connectivity index (χ1v) is 11.8. The molecule has 0 aliphatic carbocycles. The van der Waals surface area contributed by atoms with Crippen molar-refractivity contribution in [2.75, 3.05) is 43.4 Å². The van der Waals surface area contributed by atoms with Gasteiger partial charge in [0.25, 0.3) is 0 Å². The standard InChI is InChI=1S/C23H23ClN8S/c1-31-11-13-32(14-12-31)22-26-21(27-23(28-22)33-18-5-3-2-4-6-18)25-20-15-19(29-30-20)16-7-9-17(24)10-8-16/h2-10,15H,11-14H2,1H3,(H2,25,26,27,28,29,30). The van der Waals surface area contributed by atoms with E-state index in [0.717, 1.165) is 42.3 Å². The molecular formula is C23H23ClN8S. The Bertz CT molecular complexity index is 1210. The van der Waals surface area contributed by atoms with Gasteiger partial charge in [-0.2, -0.15) is 20.1 Å². The van der Waals surface area contributed by atoms with Crippen molar-refractivity contribution in [3.63, 3.8) is 0 Å². The van der Waals surface area contributed by atoms with Crippen molar-refractivity contribution in [1.29, 1.82) is 0 Å². The highest BCUT2D eigenvalue weighted by atomic mass is 35.5. The molecule has 0 saturated carbocycles. The second-order valence-corrected chi connectivity index (χ2v) is 9.22. The van der Waals surface area contributed by atoms with Gasteiger partial charge in [0.15, 0.2) is 11.0 Å². The van der Waals surface area contributed by atoms with Gasteiger partial charge in [-0.3, -0.25) is 5.10 Å². The molecule has 1 aliphatic rings. The summed E-state index contributed by atoms with van der Waals surface area (Å²) in [6.07, 6.45) is 0. The molecule has 5 rings (SSSR count). The quantitative estimate of drug-likeness (QED) is 0.417. The maximum atomic E-state index is 6.00. The van der Waals surface area contributed by atoms with Crippen LogP contribution in [0, 0.1) is 0 Å². The predicted octanol–water partition coefficient (Wildman–Crippen LogP) is 4.56. The molecule has 0 amide bonds. The summed E-state index contributed by atoms with van der Waals surface area (Å²) in [5.41, 5.74) is 1.87. The van der Waals surface area contributed by atoms with E-state index in [9.17, 15) is 0 Å². The van der Waals surface area contributed by atoms with Crippen molar-refractivity contribution < 1.29 is 0 Å². The summed E-state index contributed by atoms with van der Waals surface area (Å²) in [5, 5.41) is 12.0. The fourth-order valence-corrected chi connectivity index (χ4v) is 4.36. The topological polar surface area (TPSA) is 85.9 Å². The van der Waals surface area contributed by atoms with E-state index >= 15 is 0 Å². The van der Waals surface area contributed by atoms with E-state index in [4.69, 9.17) is 21.6 Å². The van der Waals surface area contributed by atoms with Gasteiger partial charge >= 0.3 is 0 Å². The number of H-pyrrole nitrogens is 1. The summed E-state index contributed by atoms with van der Waals surface area (Å²) in [7, 11) is 2.13. The van der Waals surface area contributed by atoms with Crippen LogP contribution in [0.25, 0.3) is 11.3 Å². The summed E-state index contributed by atoms with van der Waals surface area (Å²) >= 11 is 7.52. The number of halogens is 1. The average molecular weight is 479 g/mol. The lowest BCUT2D eigenvalue weighted by atomic mass is 10.1. The number of aromatic amines is 1. The van der Waals surface area contributed by atoms with Gasteiger partial charge in [0.2, 0.25) is 11.9 Å². The highest BCUT2D eigenvalue weighted by Crippen LogP contribution is 2.28. The number of rotatable bonds is 6. The first-order chi connectivity index (χ1) is 16.1. The zero-order valence-electron chi connectivity index (χ0n) is 18.1. The van der Waals surface area contributed by atoms with E-state index in [1.165, 1.54) is 11.8 Å². The average Bonchev–Trinajstić information content (AvgIpc) is 3.29. The number of benzene rings is 2. The molecule has 4 aromatic rings.